The predicted molar refractivity (Wildman–Crippen MR) is 143 cm³/mol. The van der Waals surface area contributed by atoms with Gasteiger partial charge >= 0.3 is 5.97 Å². The molecule has 0 saturated carbocycles. The van der Waals surface area contributed by atoms with Crippen molar-refractivity contribution in [3.63, 3.8) is 0 Å². The van der Waals surface area contributed by atoms with Crippen LogP contribution in [0.1, 0.15) is 37.9 Å². The Hall–Kier alpha value is -4.12. The minimum Gasteiger partial charge on any atom is -0.493 e. The lowest BCUT2D eigenvalue weighted by Crippen LogP contribution is -2.45. The summed E-state index contributed by atoms with van der Waals surface area (Å²) in [7, 11) is 1.55. The summed E-state index contributed by atoms with van der Waals surface area (Å²) in [6, 6.07) is 11.8. The van der Waals surface area contributed by atoms with Crippen LogP contribution in [0.4, 0.5) is 0 Å². The summed E-state index contributed by atoms with van der Waals surface area (Å²) in [5.74, 6) is 0.665. The average molecular weight is 527 g/mol. The van der Waals surface area contributed by atoms with Gasteiger partial charge in [-0.2, -0.15) is 5.10 Å². The van der Waals surface area contributed by atoms with E-state index in [1.807, 2.05) is 13.0 Å². The number of rotatable bonds is 11. The van der Waals surface area contributed by atoms with Gasteiger partial charge in [-0.1, -0.05) is 18.2 Å². The summed E-state index contributed by atoms with van der Waals surface area (Å²) >= 11 is 5.29. The molecule has 3 rings (SSSR count). The third-order valence-corrected chi connectivity index (χ3v) is 5.46. The van der Waals surface area contributed by atoms with Crippen molar-refractivity contribution >= 4 is 35.4 Å². The molecule has 3 N–H and O–H groups in total. The number of hydrogen-bond donors (Lipinski definition) is 3. The van der Waals surface area contributed by atoms with E-state index in [4.69, 9.17) is 31.2 Å². The van der Waals surface area contributed by atoms with Crippen LogP contribution in [0.15, 0.2) is 58.8 Å². The zero-order valence-electron chi connectivity index (χ0n) is 21.1. The average Bonchev–Trinajstić information content (AvgIpc) is 2.88. The molecule has 1 heterocycles. The van der Waals surface area contributed by atoms with E-state index in [1.54, 1.807) is 57.4 Å². The van der Waals surface area contributed by atoms with Crippen molar-refractivity contribution in [3.05, 3.63) is 64.9 Å². The van der Waals surface area contributed by atoms with Gasteiger partial charge < -0.3 is 29.6 Å². The number of hydrogen-bond acceptors (Lipinski definition) is 8. The Kier molecular flexibility index (Phi) is 9.84. The molecule has 0 aromatic heterocycles. The summed E-state index contributed by atoms with van der Waals surface area (Å²) in [6.45, 7) is 5.83. The summed E-state index contributed by atoms with van der Waals surface area (Å²) in [5.41, 5.74) is 4.75. The van der Waals surface area contributed by atoms with E-state index < -0.39 is 17.9 Å². The Labute approximate surface area is 221 Å². The normalized spacial score (nSPS) is 15.0. The highest BCUT2D eigenvalue weighted by molar-refractivity contribution is 7.80. The first-order valence-electron chi connectivity index (χ1n) is 11.7. The van der Waals surface area contributed by atoms with E-state index in [0.717, 1.165) is 0 Å². The topological polar surface area (TPSA) is 120 Å². The monoisotopic (exact) mass is 526 g/mol. The number of benzene rings is 2. The van der Waals surface area contributed by atoms with Gasteiger partial charge in [0.25, 0.3) is 5.91 Å². The van der Waals surface area contributed by atoms with Crippen LogP contribution in [0.3, 0.4) is 0 Å². The number of amides is 1. The van der Waals surface area contributed by atoms with E-state index in [1.165, 1.54) is 6.21 Å². The molecule has 1 atom stereocenters. The maximum atomic E-state index is 12.7. The van der Waals surface area contributed by atoms with Gasteiger partial charge in [0.2, 0.25) is 0 Å². The Bertz CT molecular complexity index is 1210. The summed E-state index contributed by atoms with van der Waals surface area (Å²) in [5, 5.41) is 10.4. The predicted octanol–water partition coefficient (Wildman–Crippen LogP) is 2.98. The fraction of sp³-hybridized carbons (Fsp3) is 0.308. The summed E-state index contributed by atoms with van der Waals surface area (Å²) in [4.78, 5) is 25.1. The summed E-state index contributed by atoms with van der Waals surface area (Å²) in [6.07, 6.45) is 1.49. The fourth-order valence-electron chi connectivity index (χ4n) is 3.65. The number of methoxy groups -OCH3 is 1. The minimum atomic E-state index is -0.611. The molecule has 0 unspecified atom stereocenters. The molecule has 11 heteroatoms. The van der Waals surface area contributed by atoms with Crippen LogP contribution in [-0.4, -0.2) is 50.1 Å². The lowest BCUT2D eigenvalue weighted by atomic mass is 9.95. The molecule has 1 amide bonds. The number of allylic oxidation sites excluding steroid dienone is 1. The maximum Gasteiger partial charge on any atom is 0.338 e. The first-order valence-corrected chi connectivity index (χ1v) is 12.1. The quantitative estimate of drug-likeness (QED) is 0.176. The number of esters is 1. The second-order valence-electron chi connectivity index (χ2n) is 7.75. The number of thiocarbonyl (C=S) groups is 1. The molecule has 196 valence electrons. The summed E-state index contributed by atoms with van der Waals surface area (Å²) < 4.78 is 21.8. The lowest BCUT2D eigenvalue weighted by molar-refractivity contribution is -0.139. The van der Waals surface area contributed by atoms with Gasteiger partial charge in [-0.3, -0.25) is 4.79 Å². The number of nitrogens with zero attached hydrogens (tertiary/aromatic N) is 1. The highest BCUT2D eigenvalue weighted by atomic mass is 32.1. The first kappa shape index (κ1) is 27.5. The van der Waals surface area contributed by atoms with Gasteiger partial charge in [0.05, 0.1) is 38.2 Å². The number of carbonyl (C=O) groups excluding carboxylic acids is 2. The molecule has 0 spiro atoms. The molecule has 1 aliphatic heterocycles. The first-order chi connectivity index (χ1) is 17.9. The Balaban J connectivity index is 1.68. The van der Waals surface area contributed by atoms with Crippen molar-refractivity contribution in [2.75, 3.05) is 26.9 Å². The maximum absolute atomic E-state index is 12.7. The van der Waals surface area contributed by atoms with E-state index in [-0.39, 0.29) is 13.2 Å². The van der Waals surface area contributed by atoms with Crippen molar-refractivity contribution in [3.8, 4) is 17.2 Å². The van der Waals surface area contributed by atoms with E-state index in [2.05, 4.69) is 21.2 Å². The Morgan fingerprint density at radius 3 is 2.59 bits per heavy atom. The molecule has 0 aliphatic carbocycles. The zero-order chi connectivity index (χ0) is 26.8. The second-order valence-corrected chi connectivity index (χ2v) is 8.16. The minimum absolute atomic E-state index is 0.231. The highest BCUT2D eigenvalue weighted by Crippen LogP contribution is 2.33. The number of hydrazone groups is 1. The van der Waals surface area contributed by atoms with Crippen molar-refractivity contribution in [2.24, 2.45) is 5.10 Å². The van der Waals surface area contributed by atoms with Crippen LogP contribution >= 0.6 is 12.2 Å². The van der Waals surface area contributed by atoms with Crippen LogP contribution in [0, 0.1) is 0 Å². The molecule has 0 bridgehead atoms. The number of para-hydroxylation sites is 1. The highest BCUT2D eigenvalue weighted by Gasteiger charge is 2.32. The lowest BCUT2D eigenvalue weighted by Gasteiger charge is -2.30. The SMILES string of the molecule is CCOC(=O)C1=C(C)NC(=S)N[C@H]1c1ccccc1OCC(=O)NN=Cc1ccc(OCC)c(OC)c1. The second kappa shape index (κ2) is 13.3. The van der Waals surface area contributed by atoms with Crippen molar-refractivity contribution in [1.82, 2.24) is 16.1 Å². The van der Waals surface area contributed by atoms with Gasteiger partial charge in [0.1, 0.15) is 5.75 Å². The number of carbonyl (C=O) groups is 2. The van der Waals surface area contributed by atoms with Crippen molar-refractivity contribution < 1.29 is 28.5 Å². The van der Waals surface area contributed by atoms with Crippen LogP contribution in [0.25, 0.3) is 0 Å². The van der Waals surface area contributed by atoms with Gasteiger partial charge in [0, 0.05) is 11.3 Å². The third kappa shape index (κ3) is 7.20. The molecule has 2 aromatic carbocycles. The van der Waals surface area contributed by atoms with Crippen LogP contribution in [-0.2, 0) is 14.3 Å². The molecular weight excluding hydrogens is 496 g/mol. The van der Waals surface area contributed by atoms with Crippen molar-refractivity contribution in [2.45, 2.75) is 26.8 Å². The molecule has 1 aliphatic rings. The van der Waals surface area contributed by atoms with Crippen LogP contribution in [0.5, 0.6) is 17.2 Å². The zero-order valence-corrected chi connectivity index (χ0v) is 21.9. The third-order valence-electron chi connectivity index (χ3n) is 5.24. The molecule has 0 fully saturated rings. The number of nitrogens with one attached hydrogen (secondary N) is 3. The Morgan fingerprint density at radius 2 is 1.86 bits per heavy atom. The molecule has 10 nitrogen and oxygen atoms in total. The standard InChI is InChI=1S/C26H30N4O6S/c1-5-34-20-12-11-17(13-21(20)33-4)14-27-30-22(31)15-36-19-10-8-7-9-18(19)24-23(25(32)35-6-2)16(3)28-26(37)29-24/h7-14,24H,5-6,15H2,1-4H3,(H,30,31)(H2,28,29,37)/t24-/m0/s1. The number of ether oxygens (including phenoxy) is 4. The van der Waals surface area contributed by atoms with Gasteiger partial charge in [-0.05, 0) is 62.8 Å². The van der Waals surface area contributed by atoms with E-state index in [9.17, 15) is 9.59 Å². The van der Waals surface area contributed by atoms with Gasteiger partial charge in [-0.25, -0.2) is 10.2 Å². The molecule has 0 saturated heterocycles. The van der Waals surface area contributed by atoms with Crippen LogP contribution in [0.2, 0.25) is 0 Å². The van der Waals surface area contributed by atoms with E-state index >= 15 is 0 Å². The molecular formula is C26H30N4O6S. The molecule has 2 aromatic rings. The smallest absolute Gasteiger partial charge is 0.338 e. The Morgan fingerprint density at radius 1 is 1.08 bits per heavy atom. The van der Waals surface area contributed by atoms with E-state index in [0.29, 0.717) is 51.4 Å². The van der Waals surface area contributed by atoms with Gasteiger partial charge in [-0.15, -0.1) is 0 Å². The van der Waals surface area contributed by atoms with Gasteiger partial charge in [0.15, 0.2) is 23.2 Å². The largest absolute Gasteiger partial charge is 0.493 e. The van der Waals surface area contributed by atoms with Crippen molar-refractivity contribution in [1.29, 1.82) is 0 Å². The van der Waals surface area contributed by atoms with Crippen LogP contribution < -0.4 is 30.3 Å². The fourth-order valence-corrected chi connectivity index (χ4v) is 3.92. The molecule has 37 heavy (non-hydrogen) atoms. The molecule has 0 radical (unpaired) electrons.